The average molecular weight is 420 g/mol. The molecule has 0 N–H and O–H groups in total. The van der Waals surface area contributed by atoms with Gasteiger partial charge in [0.15, 0.2) is 0 Å². The van der Waals surface area contributed by atoms with Gasteiger partial charge >= 0.3 is 0 Å². The van der Waals surface area contributed by atoms with Crippen molar-refractivity contribution in [3.05, 3.63) is 96.1 Å². The summed E-state index contributed by atoms with van der Waals surface area (Å²) in [6.45, 7) is 6.01. The van der Waals surface area contributed by atoms with Crippen molar-refractivity contribution in [3.8, 4) is 0 Å². The zero-order chi connectivity index (χ0) is 20.8. The van der Waals surface area contributed by atoms with Crippen LogP contribution in [0, 0.1) is 0 Å². The molecular formula is C27H33NOS. The van der Waals surface area contributed by atoms with Gasteiger partial charge in [-0.15, -0.1) is 0 Å². The molecule has 1 aliphatic heterocycles. The maximum absolute atomic E-state index is 6.55. The number of rotatable bonds is 7. The van der Waals surface area contributed by atoms with Gasteiger partial charge in [0.05, 0.1) is 6.61 Å². The topological polar surface area (TPSA) is 12.5 Å². The molecule has 0 spiro atoms. The summed E-state index contributed by atoms with van der Waals surface area (Å²) in [6, 6.07) is 30.9. The van der Waals surface area contributed by atoms with E-state index in [0.717, 1.165) is 39.1 Å². The molecule has 0 aliphatic carbocycles. The molecule has 1 saturated heterocycles. The van der Waals surface area contributed by atoms with E-state index in [1.807, 2.05) is 0 Å². The summed E-state index contributed by atoms with van der Waals surface area (Å²) >= 11 is 0. The summed E-state index contributed by atoms with van der Waals surface area (Å²) in [4.78, 5) is 5.48. The summed E-state index contributed by atoms with van der Waals surface area (Å²) < 4.78 is 6.55. The van der Waals surface area contributed by atoms with Crippen LogP contribution in [0.5, 0.6) is 0 Å². The van der Waals surface area contributed by atoms with Crippen LogP contribution in [0.25, 0.3) is 0 Å². The van der Waals surface area contributed by atoms with E-state index in [9.17, 15) is 0 Å². The first-order chi connectivity index (χ1) is 14.7. The molecule has 0 saturated carbocycles. The Balaban J connectivity index is 1.70. The zero-order valence-corrected chi connectivity index (χ0v) is 19.0. The predicted octanol–water partition coefficient (Wildman–Crippen LogP) is 6.35. The van der Waals surface area contributed by atoms with Crippen molar-refractivity contribution in [2.75, 3.05) is 26.0 Å². The van der Waals surface area contributed by atoms with E-state index >= 15 is 0 Å². The van der Waals surface area contributed by atoms with Crippen molar-refractivity contribution < 1.29 is 4.74 Å². The Kier molecular flexibility index (Phi) is 6.93. The first-order valence-electron chi connectivity index (χ1n) is 11.0. The third kappa shape index (κ3) is 4.49. The molecular weight excluding hydrogens is 386 g/mol. The van der Waals surface area contributed by atoms with Crippen molar-refractivity contribution in [2.45, 2.75) is 41.5 Å². The first-order valence-corrected chi connectivity index (χ1v) is 13.1. The number of benzene rings is 3. The Morgan fingerprint density at radius 2 is 1.57 bits per heavy atom. The van der Waals surface area contributed by atoms with Crippen LogP contribution in [0.4, 0.5) is 0 Å². The molecule has 1 fully saturated rings. The maximum Gasteiger partial charge on any atom is 0.108 e. The largest absolute Gasteiger partial charge is 0.366 e. The summed E-state index contributed by atoms with van der Waals surface area (Å²) in [5.74, 6) is 0. The third-order valence-electron chi connectivity index (χ3n) is 6.07. The molecule has 2 atom stereocenters. The van der Waals surface area contributed by atoms with E-state index in [2.05, 4.69) is 103 Å². The number of aryl methyl sites for hydroxylation is 1. The van der Waals surface area contributed by atoms with Crippen molar-refractivity contribution in [3.63, 3.8) is 0 Å². The monoisotopic (exact) mass is 419 g/mol. The van der Waals surface area contributed by atoms with E-state index in [4.69, 9.17) is 4.74 Å². The van der Waals surface area contributed by atoms with Gasteiger partial charge in [0, 0.05) is 19.6 Å². The molecule has 4 rings (SSSR count). The summed E-state index contributed by atoms with van der Waals surface area (Å²) in [5.41, 5.74) is 3.04. The first kappa shape index (κ1) is 21.2. The minimum atomic E-state index is -1.34. The fourth-order valence-electron chi connectivity index (χ4n) is 4.46. The maximum atomic E-state index is 6.55. The fourth-order valence-corrected chi connectivity index (χ4v) is 7.97. The Bertz CT molecular complexity index is 930. The van der Waals surface area contributed by atoms with Crippen molar-refractivity contribution in [1.29, 1.82) is 0 Å². The Hall–Kier alpha value is -2.07. The smallest absolute Gasteiger partial charge is 0.108 e. The van der Waals surface area contributed by atoms with Crippen molar-refractivity contribution in [2.24, 2.45) is 0 Å². The lowest BCUT2D eigenvalue weighted by atomic mass is 10.1. The Labute approximate surface area is 183 Å². The number of nitrogens with zero attached hydrogens (tertiary/aromatic N) is 1. The van der Waals surface area contributed by atoms with Crippen LogP contribution in [0.2, 0.25) is 0 Å². The van der Waals surface area contributed by atoms with Gasteiger partial charge in [0.1, 0.15) is 5.44 Å². The summed E-state index contributed by atoms with van der Waals surface area (Å²) in [7, 11) is -1.34. The minimum Gasteiger partial charge on any atom is -0.366 e. The van der Waals surface area contributed by atoms with E-state index in [0.29, 0.717) is 0 Å². The van der Waals surface area contributed by atoms with Gasteiger partial charge < -0.3 is 4.74 Å². The lowest BCUT2D eigenvalue weighted by molar-refractivity contribution is 0.0124. The van der Waals surface area contributed by atoms with E-state index < -0.39 is 10.0 Å². The van der Waals surface area contributed by atoms with Crippen LogP contribution in [-0.4, -0.2) is 36.3 Å². The fraction of sp³-hybridized carbons (Fsp3) is 0.333. The van der Waals surface area contributed by atoms with Crippen molar-refractivity contribution in [1.82, 2.24) is 4.90 Å². The lowest BCUT2D eigenvalue weighted by Crippen LogP contribution is -2.44. The van der Waals surface area contributed by atoms with Gasteiger partial charge in [-0.1, -0.05) is 80.1 Å². The summed E-state index contributed by atoms with van der Waals surface area (Å²) in [6.07, 6.45) is 4.74. The highest BCUT2D eigenvalue weighted by Crippen LogP contribution is 2.64. The highest BCUT2D eigenvalue weighted by molar-refractivity contribution is 8.33. The van der Waals surface area contributed by atoms with Gasteiger partial charge in [-0.2, -0.15) is 10.0 Å². The second-order valence-electron chi connectivity index (χ2n) is 8.17. The number of hydrogen-bond donors (Lipinski definition) is 0. The SMILES string of the molecule is CCCc1ccccc1S(C)(c1ccccc1)[C@H]1CN(Cc2ccccc2)CCO1. The van der Waals surface area contributed by atoms with Crippen LogP contribution < -0.4 is 0 Å². The van der Waals surface area contributed by atoms with E-state index in [1.165, 1.54) is 20.9 Å². The molecule has 30 heavy (non-hydrogen) atoms. The molecule has 1 aliphatic rings. The predicted molar refractivity (Wildman–Crippen MR) is 128 cm³/mol. The van der Waals surface area contributed by atoms with Gasteiger partial charge in [0.2, 0.25) is 0 Å². The molecule has 3 aromatic rings. The van der Waals surface area contributed by atoms with E-state index in [1.54, 1.807) is 0 Å². The highest BCUT2D eigenvalue weighted by Gasteiger charge is 2.38. The van der Waals surface area contributed by atoms with Crippen molar-refractivity contribution >= 4 is 10.0 Å². The van der Waals surface area contributed by atoms with Crippen LogP contribution in [-0.2, 0) is 17.7 Å². The number of ether oxygens (including phenoxy) is 1. The Morgan fingerprint density at radius 3 is 2.30 bits per heavy atom. The van der Waals surface area contributed by atoms with Gasteiger partial charge in [-0.25, -0.2) is 0 Å². The van der Waals surface area contributed by atoms with Gasteiger partial charge in [0.25, 0.3) is 0 Å². The zero-order valence-electron chi connectivity index (χ0n) is 18.2. The Morgan fingerprint density at radius 1 is 0.900 bits per heavy atom. The quantitative estimate of drug-likeness (QED) is 0.442. The standard InChI is InChI=1S/C27H33NOS/c1-3-12-24-15-10-11-18-26(24)30(2,25-16-8-5-9-17-25)27-22-28(19-20-29-27)21-23-13-6-4-7-14-23/h4-11,13-18,27H,3,12,19-22H2,1-2H3/t27-/m0/s1. The summed E-state index contributed by atoms with van der Waals surface area (Å²) in [5, 5.41) is 0. The molecule has 0 aromatic heterocycles. The van der Waals surface area contributed by atoms with Crippen LogP contribution >= 0.6 is 10.0 Å². The second-order valence-corrected chi connectivity index (χ2v) is 11.6. The third-order valence-corrected chi connectivity index (χ3v) is 9.98. The molecule has 158 valence electrons. The second kappa shape index (κ2) is 9.82. The van der Waals surface area contributed by atoms with Crippen LogP contribution in [0.3, 0.4) is 0 Å². The molecule has 3 heteroatoms. The minimum absolute atomic E-state index is 0.190. The van der Waals surface area contributed by atoms with Gasteiger partial charge in [-0.05, 0) is 51.8 Å². The van der Waals surface area contributed by atoms with Crippen LogP contribution in [0.15, 0.2) is 94.7 Å². The molecule has 0 radical (unpaired) electrons. The molecule has 1 heterocycles. The molecule has 2 nitrogen and oxygen atoms in total. The van der Waals surface area contributed by atoms with Gasteiger partial charge in [-0.3, -0.25) is 4.90 Å². The van der Waals surface area contributed by atoms with Crippen LogP contribution in [0.1, 0.15) is 24.5 Å². The number of morpholine rings is 1. The normalized spacial score (nSPS) is 20.4. The number of hydrogen-bond acceptors (Lipinski definition) is 2. The highest BCUT2D eigenvalue weighted by atomic mass is 32.3. The molecule has 0 bridgehead atoms. The molecule has 3 aromatic carbocycles. The molecule has 0 amide bonds. The lowest BCUT2D eigenvalue weighted by Gasteiger charge is -2.48. The average Bonchev–Trinajstić information content (AvgIpc) is 2.81. The molecule has 1 unspecified atom stereocenters. The van der Waals surface area contributed by atoms with E-state index in [-0.39, 0.29) is 5.44 Å².